The van der Waals surface area contributed by atoms with Crippen molar-refractivity contribution in [2.75, 3.05) is 13.2 Å². The molecular weight excluding hydrogens is 264 g/mol. The van der Waals surface area contributed by atoms with Gasteiger partial charge in [-0.25, -0.2) is 0 Å². The van der Waals surface area contributed by atoms with Crippen molar-refractivity contribution in [3.8, 4) is 0 Å². The molecule has 0 bridgehead atoms. The molecule has 1 N–H and O–H groups in total. The molecule has 0 amide bonds. The number of aliphatic hydroxyl groups is 1. The Bertz CT molecular complexity index is 465. The largest absolute Gasteiger partial charge is 0.390 e. The van der Waals surface area contributed by atoms with Crippen LogP contribution in [0.5, 0.6) is 0 Å². The van der Waals surface area contributed by atoms with E-state index in [0.29, 0.717) is 13.0 Å². The van der Waals surface area contributed by atoms with Gasteiger partial charge in [-0.05, 0) is 37.3 Å². The molecule has 1 aromatic carbocycles. The highest BCUT2D eigenvalue weighted by Gasteiger charge is 2.42. The van der Waals surface area contributed by atoms with Crippen molar-refractivity contribution in [3.05, 3.63) is 35.4 Å². The molecule has 2 unspecified atom stereocenters. The van der Waals surface area contributed by atoms with Crippen molar-refractivity contribution in [1.29, 1.82) is 0 Å². The van der Waals surface area contributed by atoms with Crippen molar-refractivity contribution in [1.82, 2.24) is 0 Å². The average molecular weight is 290 g/mol. The van der Waals surface area contributed by atoms with E-state index in [4.69, 9.17) is 9.47 Å². The number of benzene rings is 1. The van der Waals surface area contributed by atoms with Gasteiger partial charge in [-0.15, -0.1) is 0 Å². The summed E-state index contributed by atoms with van der Waals surface area (Å²) >= 11 is 0. The van der Waals surface area contributed by atoms with Crippen molar-refractivity contribution in [2.24, 2.45) is 0 Å². The molecule has 1 fully saturated rings. The van der Waals surface area contributed by atoms with Crippen LogP contribution in [0.4, 0.5) is 0 Å². The van der Waals surface area contributed by atoms with Gasteiger partial charge in [0.15, 0.2) is 0 Å². The Labute approximate surface area is 127 Å². The predicted molar refractivity (Wildman–Crippen MR) is 82.3 cm³/mol. The molecule has 1 heterocycles. The Balaban J connectivity index is 1.74. The van der Waals surface area contributed by atoms with Gasteiger partial charge in [0.05, 0.1) is 24.4 Å². The lowest BCUT2D eigenvalue weighted by Gasteiger charge is -2.37. The highest BCUT2D eigenvalue weighted by Crippen LogP contribution is 2.40. The maximum atomic E-state index is 10.8. The lowest BCUT2D eigenvalue weighted by molar-refractivity contribution is -0.133. The van der Waals surface area contributed by atoms with E-state index in [0.717, 1.165) is 38.7 Å². The molecule has 116 valence electrons. The van der Waals surface area contributed by atoms with E-state index in [9.17, 15) is 5.11 Å². The number of hydrogen-bond acceptors (Lipinski definition) is 3. The first-order valence-corrected chi connectivity index (χ1v) is 8.26. The maximum absolute atomic E-state index is 10.8. The lowest BCUT2D eigenvalue weighted by Crippen LogP contribution is -2.43. The first-order chi connectivity index (χ1) is 10.2. The van der Waals surface area contributed by atoms with Crippen LogP contribution in [0.15, 0.2) is 24.3 Å². The minimum absolute atomic E-state index is 0.00267. The zero-order valence-electron chi connectivity index (χ0n) is 12.9. The van der Waals surface area contributed by atoms with Gasteiger partial charge in [0.25, 0.3) is 0 Å². The van der Waals surface area contributed by atoms with E-state index in [-0.39, 0.29) is 11.7 Å². The summed E-state index contributed by atoms with van der Waals surface area (Å²) in [4.78, 5) is 0. The second-order valence-corrected chi connectivity index (χ2v) is 6.26. The fraction of sp³-hybridized carbons (Fsp3) is 0.667. The third kappa shape index (κ3) is 3.01. The molecule has 2 atom stereocenters. The second-order valence-electron chi connectivity index (χ2n) is 6.26. The Hall–Kier alpha value is -0.900. The molecule has 21 heavy (non-hydrogen) atoms. The monoisotopic (exact) mass is 290 g/mol. The number of rotatable bonds is 5. The Morgan fingerprint density at radius 1 is 1.33 bits per heavy atom. The molecule has 3 nitrogen and oxygen atoms in total. The van der Waals surface area contributed by atoms with Gasteiger partial charge < -0.3 is 14.6 Å². The maximum Gasteiger partial charge on any atom is 0.0941 e. The first-order valence-electron chi connectivity index (χ1n) is 8.26. The number of ether oxygens (including phenoxy) is 2. The van der Waals surface area contributed by atoms with Crippen molar-refractivity contribution in [2.45, 2.75) is 63.3 Å². The van der Waals surface area contributed by atoms with Crippen LogP contribution in [-0.2, 0) is 15.9 Å². The van der Waals surface area contributed by atoms with E-state index in [1.807, 2.05) is 6.92 Å². The number of aliphatic hydroxyl groups excluding tert-OH is 1. The molecule has 0 saturated heterocycles. The van der Waals surface area contributed by atoms with Gasteiger partial charge in [0, 0.05) is 13.0 Å². The predicted octanol–water partition coefficient (Wildman–Crippen LogP) is 3.40. The zero-order valence-corrected chi connectivity index (χ0v) is 12.9. The van der Waals surface area contributed by atoms with Gasteiger partial charge in [-0.2, -0.15) is 0 Å². The van der Waals surface area contributed by atoms with Crippen LogP contribution in [0.1, 0.15) is 56.3 Å². The molecule has 0 aromatic heterocycles. The summed E-state index contributed by atoms with van der Waals surface area (Å²) in [5.74, 6) is 0. The Morgan fingerprint density at radius 2 is 2.10 bits per heavy atom. The topological polar surface area (TPSA) is 38.7 Å². The fourth-order valence-electron chi connectivity index (χ4n) is 3.92. The van der Waals surface area contributed by atoms with Crippen LogP contribution in [-0.4, -0.2) is 30.0 Å². The molecule has 3 heteroatoms. The summed E-state index contributed by atoms with van der Waals surface area (Å²) < 4.78 is 11.9. The van der Waals surface area contributed by atoms with E-state index in [2.05, 4.69) is 24.3 Å². The number of hydrogen-bond donors (Lipinski definition) is 1. The van der Waals surface area contributed by atoms with Crippen molar-refractivity contribution >= 4 is 0 Å². The van der Waals surface area contributed by atoms with Gasteiger partial charge in [0.2, 0.25) is 0 Å². The quantitative estimate of drug-likeness (QED) is 0.903. The van der Waals surface area contributed by atoms with E-state index >= 15 is 0 Å². The van der Waals surface area contributed by atoms with Gasteiger partial charge in [0.1, 0.15) is 0 Å². The summed E-state index contributed by atoms with van der Waals surface area (Å²) in [7, 11) is 0. The fourth-order valence-corrected chi connectivity index (χ4v) is 3.92. The third-order valence-corrected chi connectivity index (χ3v) is 5.02. The molecule has 0 spiro atoms. The summed E-state index contributed by atoms with van der Waals surface area (Å²) in [5.41, 5.74) is 2.26. The summed E-state index contributed by atoms with van der Waals surface area (Å²) in [6, 6.07) is 8.44. The van der Waals surface area contributed by atoms with Crippen LogP contribution < -0.4 is 0 Å². The van der Waals surface area contributed by atoms with Crippen LogP contribution in [0.2, 0.25) is 0 Å². The van der Waals surface area contributed by atoms with Crippen molar-refractivity contribution in [3.63, 3.8) is 0 Å². The Kier molecular flexibility index (Phi) is 4.63. The van der Waals surface area contributed by atoms with E-state index < -0.39 is 6.10 Å². The summed E-state index contributed by atoms with van der Waals surface area (Å²) in [6.45, 7) is 3.43. The van der Waals surface area contributed by atoms with Gasteiger partial charge in [-0.3, -0.25) is 0 Å². The zero-order chi connectivity index (χ0) is 14.7. The third-order valence-electron chi connectivity index (χ3n) is 5.02. The van der Waals surface area contributed by atoms with Gasteiger partial charge in [-0.1, -0.05) is 37.1 Å². The lowest BCUT2D eigenvalue weighted by atomic mass is 9.86. The Morgan fingerprint density at radius 3 is 2.86 bits per heavy atom. The minimum Gasteiger partial charge on any atom is -0.390 e. The second kappa shape index (κ2) is 6.47. The minimum atomic E-state index is -0.448. The van der Waals surface area contributed by atoms with Crippen molar-refractivity contribution < 1.29 is 14.6 Å². The normalized spacial score (nSPS) is 25.5. The van der Waals surface area contributed by atoms with Crippen LogP contribution in [0, 0.1) is 0 Å². The molecule has 1 aromatic rings. The standard InChI is InChI=1S/C18H26O3/c1-2-21-18(10-5-6-11-18)17(19)13-16-15-8-4-3-7-14(15)9-12-20-16/h3-4,7-8,16-17,19H,2,5-6,9-13H2,1H3. The van der Waals surface area contributed by atoms with Crippen LogP contribution in [0.25, 0.3) is 0 Å². The average Bonchev–Trinajstić information content (AvgIpc) is 2.98. The molecule has 2 aliphatic rings. The van der Waals surface area contributed by atoms with E-state index in [1.165, 1.54) is 11.1 Å². The molecule has 1 saturated carbocycles. The number of fused-ring (bicyclic) bond motifs is 1. The van der Waals surface area contributed by atoms with Crippen LogP contribution in [0.3, 0.4) is 0 Å². The SMILES string of the molecule is CCOC1(C(O)CC2OCCc3ccccc32)CCCC1. The molecular formula is C18H26O3. The smallest absolute Gasteiger partial charge is 0.0941 e. The molecule has 3 rings (SSSR count). The van der Waals surface area contributed by atoms with E-state index in [1.54, 1.807) is 0 Å². The molecule has 1 aliphatic carbocycles. The first kappa shape index (κ1) is 15.0. The van der Waals surface area contributed by atoms with Crippen LogP contribution >= 0.6 is 0 Å². The highest BCUT2D eigenvalue weighted by molar-refractivity contribution is 5.31. The highest BCUT2D eigenvalue weighted by atomic mass is 16.5. The van der Waals surface area contributed by atoms with Gasteiger partial charge >= 0.3 is 0 Å². The molecule has 0 radical (unpaired) electrons. The summed E-state index contributed by atoms with van der Waals surface area (Å²) in [6.07, 6.45) is 5.40. The summed E-state index contributed by atoms with van der Waals surface area (Å²) in [5, 5.41) is 10.8. The molecule has 1 aliphatic heterocycles.